The summed E-state index contributed by atoms with van der Waals surface area (Å²) in [5.74, 6) is 0.962. The zero-order chi connectivity index (χ0) is 8.10. The zero-order valence-corrected chi connectivity index (χ0v) is 7.85. The number of hydrogen-bond acceptors (Lipinski definition) is 1. The molecule has 0 saturated heterocycles. The smallest absolute Gasteiger partial charge is 0.0171 e. The van der Waals surface area contributed by atoms with Gasteiger partial charge in [0.1, 0.15) is 0 Å². The van der Waals surface area contributed by atoms with Crippen LogP contribution in [0.25, 0.3) is 0 Å². The van der Waals surface area contributed by atoms with E-state index in [0.29, 0.717) is 0 Å². The van der Waals surface area contributed by atoms with Gasteiger partial charge in [-0.2, -0.15) is 0 Å². The van der Waals surface area contributed by atoms with Gasteiger partial charge in [0.15, 0.2) is 0 Å². The van der Waals surface area contributed by atoms with Gasteiger partial charge < -0.3 is 4.90 Å². The minimum absolute atomic E-state index is 0.962. The number of likely N-dealkylation sites (N-methyl/N-ethyl adjacent to an activating group) is 1. The first-order chi connectivity index (χ1) is 5.33. The van der Waals surface area contributed by atoms with Crippen molar-refractivity contribution in [1.29, 1.82) is 0 Å². The SMILES string of the molecule is CN(C/C=C/Cl)CC1CCC1. The molecule has 1 aliphatic carbocycles. The predicted octanol–water partition coefficient (Wildman–Crippen LogP) is 2.47. The average Bonchev–Trinajstić information content (AvgIpc) is 1.93. The van der Waals surface area contributed by atoms with Crippen molar-refractivity contribution in [2.75, 3.05) is 20.1 Å². The van der Waals surface area contributed by atoms with Crippen molar-refractivity contribution in [3.63, 3.8) is 0 Å². The summed E-state index contributed by atoms with van der Waals surface area (Å²) in [5, 5.41) is 0. The van der Waals surface area contributed by atoms with Gasteiger partial charge in [-0.25, -0.2) is 0 Å². The molecule has 0 atom stereocenters. The lowest BCUT2D eigenvalue weighted by Crippen LogP contribution is -2.29. The molecule has 0 spiro atoms. The monoisotopic (exact) mass is 173 g/mol. The van der Waals surface area contributed by atoms with E-state index in [-0.39, 0.29) is 0 Å². The maximum Gasteiger partial charge on any atom is 0.0171 e. The Hall–Kier alpha value is -0.0100. The van der Waals surface area contributed by atoms with Crippen LogP contribution in [0.3, 0.4) is 0 Å². The normalized spacial score (nSPS) is 19.5. The Morgan fingerprint density at radius 1 is 1.55 bits per heavy atom. The van der Waals surface area contributed by atoms with Crippen LogP contribution in [0.15, 0.2) is 11.6 Å². The Morgan fingerprint density at radius 3 is 2.73 bits per heavy atom. The maximum atomic E-state index is 5.42. The van der Waals surface area contributed by atoms with Gasteiger partial charge in [0.25, 0.3) is 0 Å². The molecule has 0 aromatic carbocycles. The molecule has 0 radical (unpaired) electrons. The van der Waals surface area contributed by atoms with Crippen LogP contribution in [-0.4, -0.2) is 25.0 Å². The second-order valence-corrected chi connectivity index (χ2v) is 3.63. The molecule has 1 rings (SSSR count). The summed E-state index contributed by atoms with van der Waals surface area (Å²) < 4.78 is 0. The minimum atomic E-state index is 0.962. The summed E-state index contributed by atoms with van der Waals surface area (Å²) in [6.45, 7) is 2.22. The van der Waals surface area contributed by atoms with Crippen LogP contribution in [0.4, 0.5) is 0 Å². The van der Waals surface area contributed by atoms with Gasteiger partial charge in [-0.3, -0.25) is 0 Å². The average molecular weight is 174 g/mol. The molecule has 0 bridgehead atoms. The third-order valence-corrected chi connectivity index (χ3v) is 2.48. The van der Waals surface area contributed by atoms with Crippen LogP contribution in [0, 0.1) is 5.92 Å². The maximum absolute atomic E-state index is 5.42. The van der Waals surface area contributed by atoms with E-state index in [4.69, 9.17) is 11.6 Å². The molecule has 0 unspecified atom stereocenters. The molecule has 0 amide bonds. The molecule has 1 aliphatic rings. The predicted molar refractivity (Wildman–Crippen MR) is 49.8 cm³/mol. The molecule has 1 nitrogen and oxygen atoms in total. The molecule has 2 heteroatoms. The lowest BCUT2D eigenvalue weighted by atomic mass is 9.85. The molecule has 1 saturated carbocycles. The highest BCUT2D eigenvalue weighted by atomic mass is 35.5. The molecule has 0 aromatic rings. The fourth-order valence-electron chi connectivity index (χ4n) is 1.41. The summed E-state index contributed by atoms with van der Waals surface area (Å²) in [6, 6.07) is 0. The van der Waals surface area contributed by atoms with Crippen molar-refractivity contribution in [1.82, 2.24) is 4.90 Å². The fourth-order valence-corrected chi connectivity index (χ4v) is 1.49. The van der Waals surface area contributed by atoms with Crippen LogP contribution in [-0.2, 0) is 0 Å². The summed E-state index contributed by atoms with van der Waals surface area (Å²) in [6.07, 6.45) is 6.27. The van der Waals surface area contributed by atoms with Gasteiger partial charge in [-0.1, -0.05) is 24.1 Å². The molecule has 0 heterocycles. The largest absolute Gasteiger partial charge is 0.302 e. The fraction of sp³-hybridized carbons (Fsp3) is 0.778. The van der Waals surface area contributed by atoms with Crippen LogP contribution < -0.4 is 0 Å². The Bertz CT molecular complexity index is 130. The highest BCUT2D eigenvalue weighted by molar-refractivity contribution is 6.25. The Labute approximate surface area is 74.0 Å². The Morgan fingerprint density at radius 2 is 2.27 bits per heavy atom. The number of rotatable bonds is 4. The summed E-state index contributed by atoms with van der Waals surface area (Å²) >= 11 is 5.42. The van der Waals surface area contributed by atoms with E-state index < -0.39 is 0 Å². The zero-order valence-electron chi connectivity index (χ0n) is 7.09. The van der Waals surface area contributed by atoms with Gasteiger partial charge in [0.05, 0.1) is 0 Å². The van der Waals surface area contributed by atoms with Crippen LogP contribution in [0.2, 0.25) is 0 Å². The third-order valence-electron chi connectivity index (χ3n) is 2.30. The third kappa shape index (κ3) is 3.26. The van der Waals surface area contributed by atoms with E-state index >= 15 is 0 Å². The Kier molecular flexibility index (Phi) is 3.95. The standard InChI is InChI=1S/C9H16ClN/c1-11(7-3-6-10)8-9-4-2-5-9/h3,6,9H,2,4-5,7-8H2,1H3/b6-3+. The molecule has 0 aliphatic heterocycles. The highest BCUT2D eigenvalue weighted by Gasteiger charge is 2.18. The van der Waals surface area contributed by atoms with Crippen molar-refractivity contribution in [2.45, 2.75) is 19.3 Å². The van der Waals surface area contributed by atoms with Crippen molar-refractivity contribution in [2.24, 2.45) is 5.92 Å². The molecule has 1 fully saturated rings. The van der Waals surface area contributed by atoms with E-state index in [1.807, 2.05) is 6.08 Å². The first-order valence-corrected chi connectivity index (χ1v) is 4.70. The van der Waals surface area contributed by atoms with Crippen molar-refractivity contribution >= 4 is 11.6 Å². The summed E-state index contributed by atoms with van der Waals surface area (Å²) in [4.78, 5) is 2.32. The first kappa shape index (κ1) is 9.08. The first-order valence-electron chi connectivity index (χ1n) is 4.26. The number of halogens is 1. The highest BCUT2D eigenvalue weighted by Crippen LogP contribution is 2.26. The molecule has 11 heavy (non-hydrogen) atoms. The summed E-state index contributed by atoms with van der Waals surface area (Å²) in [7, 11) is 2.15. The summed E-state index contributed by atoms with van der Waals surface area (Å²) in [5.41, 5.74) is 1.59. The van der Waals surface area contributed by atoms with Gasteiger partial charge in [0, 0.05) is 18.6 Å². The lowest BCUT2D eigenvalue weighted by Gasteiger charge is -2.29. The second kappa shape index (κ2) is 4.78. The number of hydrogen-bond donors (Lipinski definition) is 0. The van der Waals surface area contributed by atoms with Crippen molar-refractivity contribution < 1.29 is 0 Å². The quantitative estimate of drug-likeness (QED) is 0.632. The molecule has 64 valence electrons. The molecular weight excluding hydrogens is 158 g/mol. The Balaban J connectivity index is 2.04. The molecule has 0 N–H and O–H groups in total. The number of nitrogens with zero attached hydrogens (tertiary/aromatic N) is 1. The molecular formula is C9H16ClN. The van der Waals surface area contributed by atoms with Crippen LogP contribution in [0.1, 0.15) is 19.3 Å². The van der Waals surface area contributed by atoms with Gasteiger partial charge >= 0.3 is 0 Å². The van der Waals surface area contributed by atoms with E-state index in [2.05, 4.69) is 11.9 Å². The second-order valence-electron chi connectivity index (χ2n) is 3.38. The van der Waals surface area contributed by atoms with Crippen molar-refractivity contribution in [3.8, 4) is 0 Å². The van der Waals surface area contributed by atoms with E-state index in [9.17, 15) is 0 Å². The van der Waals surface area contributed by atoms with Gasteiger partial charge in [-0.05, 0) is 25.8 Å². The minimum Gasteiger partial charge on any atom is -0.302 e. The van der Waals surface area contributed by atoms with Crippen molar-refractivity contribution in [3.05, 3.63) is 11.6 Å². The molecule has 0 aromatic heterocycles. The van der Waals surface area contributed by atoms with Gasteiger partial charge in [-0.15, -0.1) is 0 Å². The van der Waals surface area contributed by atoms with E-state index in [1.54, 1.807) is 5.54 Å². The lowest BCUT2D eigenvalue weighted by molar-refractivity contribution is 0.218. The van der Waals surface area contributed by atoms with Crippen LogP contribution in [0.5, 0.6) is 0 Å². The van der Waals surface area contributed by atoms with E-state index in [1.165, 1.54) is 25.8 Å². The topological polar surface area (TPSA) is 3.24 Å². The van der Waals surface area contributed by atoms with Gasteiger partial charge in [0.2, 0.25) is 0 Å². The van der Waals surface area contributed by atoms with E-state index in [0.717, 1.165) is 12.5 Å². The van der Waals surface area contributed by atoms with Crippen LogP contribution >= 0.6 is 11.6 Å².